The fourth-order valence-corrected chi connectivity index (χ4v) is 1.61. The van der Waals surface area contributed by atoms with Crippen LogP contribution < -0.4 is 0 Å². The van der Waals surface area contributed by atoms with Gasteiger partial charge in [-0.15, -0.1) is 0 Å². The molecule has 4 nitrogen and oxygen atoms in total. The molecule has 0 unspecified atom stereocenters. The molecule has 0 bridgehead atoms. The van der Waals surface area contributed by atoms with Crippen LogP contribution >= 0.6 is 0 Å². The number of ether oxygens (including phenoxy) is 1. The van der Waals surface area contributed by atoms with Crippen LogP contribution in [-0.2, 0) is 11.3 Å². The fourth-order valence-electron chi connectivity index (χ4n) is 1.61. The first kappa shape index (κ1) is 8.56. The topological polar surface area (TPSA) is 47.3 Å². The third-order valence-corrected chi connectivity index (χ3v) is 2.28. The van der Waals surface area contributed by atoms with Crippen LogP contribution in [0.3, 0.4) is 0 Å². The Labute approximate surface area is 77.1 Å². The highest BCUT2D eigenvalue weighted by Gasteiger charge is 2.14. The Hall–Kier alpha value is -1.03. The lowest BCUT2D eigenvalue weighted by molar-refractivity contribution is 0.00397. The Kier molecular flexibility index (Phi) is 2.49. The number of aromatic nitrogens is 2. The molecule has 2 heterocycles. The fraction of sp³-hybridized carbons (Fsp3) is 0.667. The zero-order chi connectivity index (χ0) is 9.10. The second-order valence-corrected chi connectivity index (χ2v) is 3.41. The lowest BCUT2D eigenvalue weighted by Gasteiger charge is -2.22. The molecule has 1 aromatic heterocycles. The average Bonchev–Trinajstić information content (AvgIpc) is 2.53. The molecule has 1 saturated heterocycles. The lowest BCUT2D eigenvalue weighted by atomic mass is 10.1. The van der Waals surface area contributed by atoms with Crippen molar-refractivity contribution in [1.29, 1.82) is 0 Å². The summed E-state index contributed by atoms with van der Waals surface area (Å²) in [4.78, 5) is 0. The second-order valence-electron chi connectivity index (χ2n) is 3.41. The van der Waals surface area contributed by atoms with Crippen molar-refractivity contribution < 1.29 is 9.84 Å². The minimum Gasteiger partial charge on any atom is -0.505 e. The minimum absolute atomic E-state index is 0.218. The summed E-state index contributed by atoms with van der Waals surface area (Å²) in [5, 5.41) is 13.1. The summed E-state index contributed by atoms with van der Waals surface area (Å²) in [7, 11) is 0. The van der Waals surface area contributed by atoms with E-state index in [1.165, 1.54) is 19.0 Å². The van der Waals surface area contributed by atoms with Gasteiger partial charge in [0.15, 0.2) is 5.75 Å². The number of rotatable bonds is 2. The summed E-state index contributed by atoms with van der Waals surface area (Å²) in [6, 6.07) is 0. The van der Waals surface area contributed by atoms with Gasteiger partial charge in [0.25, 0.3) is 0 Å². The first-order chi connectivity index (χ1) is 6.34. The summed E-state index contributed by atoms with van der Waals surface area (Å²) in [6.45, 7) is 1.61. The number of nitrogens with zero attached hydrogens (tertiary/aromatic N) is 2. The van der Waals surface area contributed by atoms with Gasteiger partial charge in [-0.3, -0.25) is 4.68 Å². The summed E-state index contributed by atoms with van der Waals surface area (Å²) in [5.74, 6) is 0.218. The number of hydrogen-bond acceptors (Lipinski definition) is 3. The first-order valence-electron chi connectivity index (χ1n) is 4.67. The van der Waals surface area contributed by atoms with Crippen LogP contribution in [0.5, 0.6) is 5.75 Å². The SMILES string of the molecule is Oc1cnn(C[C@@H]2CCCCO2)c1. The molecule has 13 heavy (non-hydrogen) atoms. The third kappa shape index (κ3) is 2.21. The molecule has 72 valence electrons. The van der Waals surface area contributed by atoms with Gasteiger partial charge in [0.2, 0.25) is 0 Å². The maximum Gasteiger partial charge on any atom is 0.153 e. The van der Waals surface area contributed by atoms with Gasteiger partial charge in [-0.05, 0) is 19.3 Å². The standard InChI is InChI=1S/C9H14N2O2/c12-8-5-10-11(6-8)7-9-3-1-2-4-13-9/h5-6,9,12H,1-4,7H2/t9-/m0/s1. The van der Waals surface area contributed by atoms with Crippen LogP contribution in [0, 0.1) is 0 Å². The predicted octanol–water partition coefficient (Wildman–Crippen LogP) is 1.16. The summed E-state index contributed by atoms with van der Waals surface area (Å²) in [6.07, 6.45) is 6.84. The summed E-state index contributed by atoms with van der Waals surface area (Å²) < 4.78 is 7.28. The zero-order valence-electron chi connectivity index (χ0n) is 7.52. The highest BCUT2D eigenvalue weighted by atomic mass is 16.5. The highest BCUT2D eigenvalue weighted by Crippen LogP contribution is 2.15. The largest absolute Gasteiger partial charge is 0.505 e. The van der Waals surface area contributed by atoms with Gasteiger partial charge in [0.05, 0.1) is 25.0 Å². The normalized spacial score (nSPS) is 23.2. The number of aromatic hydroxyl groups is 1. The molecular formula is C9H14N2O2. The van der Waals surface area contributed by atoms with Crippen LogP contribution in [0.2, 0.25) is 0 Å². The third-order valence-electron chi connectivity index (χ3n) is 2.28. The van der Waals surface area contributed by atoms with E-state index in [0.29, 0.717) is 0 Å². The highest BCUT2D eigenvalue weighted by molar-refractivity contribution is 5.08. The van der Waals surface area contributed by atoms with Gasteiger partial charge in [-0.1, -0.05) is 0 Å². The van der Waals surface area contributed by atoms with Crippen LogP contribution in [0.25, 0.3) is 0 Å². The van der Waals surface area contributed by atoms with E-state index >= 15 is 0 Å². The van der Waals surface area contributed by atoms with Gasteiger partial charge in [-0.2, -0.15) is 5.10 Å². The van der Waals surface area contributed by atoms with Gasteiger partial charge >= 0.3 is 0 Å². The van der Waals surface area contributed by atoms with E-state index in [0.717, 1.165) is 19.6 Å². The molecule has 0 radical (unpaired) electrons. The second kappa shape index (κ2) is 3.79. The van der Waals surface area contributed by atoms with Gasteiger partial charge in [0.1, 0.15) is 0 Å². The Morgan fingerprint density at radius 1 is 1.62 bits per heavy atom. The molecule has 2 rings (SSSR count). The Bertz CT molecular complexity index is 266. The molecular weight excluding hydrogens is 168 g/mol. The van der Waals surface area contributed by atoms with Crippen molar-refractivity contribution in [2.24, 2.45) is 0 Å². The minimum atomic E-state index is 0.218. The van der Waals surface area contributed by atoms with Crippen LogP contribution in [0.15, 0.2) is 12.4 Å². The van der Waals surface area contributed by atoms with Crippen molar-refractivity contribution in [2.45, 2.75) is 31.9 Å². The summed E-state index contributed by atoms with van der Waals surface area (Å²) in [5.41, 5.74) is 0. The van der Waals surface area contributed by atoms with Gasteiger partial charge < -0.3 is 9.84 Å². The zero-order valence-corrected chi connectivity index (χ0v) is 7.52. The van der Waals surface area contributed by atoms with E-state index < -0.39 is 0 Å². The molecule has 0 aromatic carbocycles. The van der Waals surface area contributed by atoms with E-state index in [1.54, 1.807) is 10.9 Å². The monoisotopic (exact) mass is 182 g/mol. The van der Waals surface area contributed by atoms with Crippen molar-refractivity contribution in [1.82, 2.24) is 9.78 Å². The molecule has 4 heteroatoms. The van der Waals surface area contributed by atoms with Crippen molar-refractivity contribution in [3.8, 4) is 5.75 Å². The van der Waals surface area contributed by atoms with E-state index in [-0.39, 0.29) is 11.9 Å². The first-order valence-corrected chi connectivity index (χ1v) is 4.67. The van der Waals surface area contributed by atoms with E-state index in [2.05, 4.69) is 5.10 Å². The lowest BCUT2D eigenvalue weighted by Crippen LogP contribution is -2.24. The molecule has 1 fully saturated rings. The van der Waals surface area contributed by atoms with Crippen molar-refractivity contribution in [3.05, 3.63) is 12.4 Å². The molecule has 0 spiro atoms. The van der Waals surface area contributed by atoms with Crippen molar-refractivity contribution in [3.63, 3.8) is 0 Å². The van der Waals surface area contributed by atoms with Gasteiger partial charge in [0, 0.05) is 6.61 Å². The van der Waals surface area contributed by atoms with Crippen LogP contribution in [0.1, 0.15) is 19.3 Å². The molecule has 1 aromatic rings. The molecule has 0 aliphatic carbocycles. The van der Waals surface area contributed by atoms with Crippen molar-refractivity contribution in [2.75, 3.05) is 6.61 Å². The molecule has 0 amide bonds. The van der Waals surface area contributed by atoms with E-state index in [1.807, 2.05) is 0 Å². The molecule has 1 aliphatic rings. The van der Waals surface area contributed by atoms with E-state index in [4.69, 9.17) is 9.84 Å². The quantitative estimate of drug-likeness (QED) is 0.746. The molecule has 0 saturated carbocycles. The van der Waals surface area contributed by atoms with Crippen molar-refractivity contribution >= 4 is 0 Å². The average molecular weight is 182 g/mol. The van der Waals surface area contributed by atoms with Gasteiger partial charge in [-0.25, -0.2) is 0 Å². The maximum absolute atomic E-state index is 9.06. The number of hydrogen-bond donors (Lipinski definition) is 1. The predicted molar refractivity (Wildman–Crippen MR) is 47.5 cm³/mol. The Balaban J connectivity index is 1.89. The molecule has 1 N–H and O–H groups in total. The van der Waals surface area contributed by atoms with Crippen LogP contribution in [-0.4, -0.2) is 27.6 Å². The summed E-state index contributed by atoms with van der Waals surface area (Å²) >= 11 is 0. The Morgan fingerprint density at radius 3 is 3.15 bits per heavy atom. The Morgan fingerprint density at radius 2 is 2.54 bits per heavy atom. The maximum atomic E-state index is 9.06. The van der Waals surface area contributed by atoms with Crippen LogP contribution in [0.4, 0.5) is 0 Å². The smallest absolute Gasteiger partial charge is 0.153 e. The molecule has 1 atom stereocenters. The molecule has 1 aliphatic heterocycles. The van der Waals surface area contributed by atoms with E-state index in [9.17, 15) is 0 Å².